The van der Waals surface area contributed by atoms with Gasteiger partial charge in [0.05, 0.1) is 11.1 Å². The van der Waals surface area contributed by atoms with Crippen LogP contribution in [0.25, 0.3) is 0 Å². The molecule has 2 N–H and O–H groups in total. The van der Waals surface area contributed by atoms with Crippen LogP contribution in [0.3, 0.4) is 0 Å². The van der Waals surface area contributed by atoms with Crippen LogP contribution in [0.15, 0.2) is 66.9 Å². The van der Waals surface area contributed by atoms with Gasteiger partial charge in [-0.3, -0.25) is 4.79 Å². The number of anilines is 3. The number of carbonyl (C=O) groups is 1. The molecule has 1 amide bonds. The molecule has 0 radical (unpaired) electrons. The minimum atomic E-state index is -4.83. The van der Waals surface area contributed by atoms with Gasteiger partial charge in [-0.15, -0.1) is 13.2 Å². The summed E-state index contributed by atoms with van der Waals surface area (Å²) in [6.45, 7) is 0. The van der Waals surface area contributed by atoms with E-state index in [9.17, 15) is 31.1 Å². The zero-order valence-electron chi connectivity index (χ0n) is 15.4. The van der Waals surface area contributed by atoms with Crippen molar-refractivity contribution in [2.75, 3.05) is 10.6 Å². The van der Waals surface area contributed by atoms with E-state index in [2.05, 4.69) is 20.4 Å². The van der Waals surface area contributed by atoms with Crippen LogP contribution in [0.5, 0.6) is 5.75 Å². The number of alkyl halides is 6. The van der Waals surface area contributed by atoms with Gasteiger partial charge in [-0.1, -0.05) is 6.07 Å². The Hall–Kier alpha value is -3.76. The van der Waals surface area contributed by atoms with Crippen LogP contribution in [0, 0.1) is 0 Å². The van der Waals surface area contributed by atoms with E-state index in [4.69, 9.17) is 0 Å². The van der Waals surface area contributed by atoms with E-state index < -0.39 is 29.8 Å². The number of halogens is 6. The molecule has 0 aliphatic carbocycles. The Morgan fingerprint density at radius 1 is 0.871 bits per heavy atom. The third-order valence-corrected chi connectivity index (χ3v) is 3.85. The maximum absolute atomic E-state index is 12.9. The van der Waals surface area contributed by atoms with Crippen LogP contribution < -0.4 is 15.4 Å². The van der Waals surface area contributed by atoms with Crippen molar-refractivity contribution in [2.45, 2.75) is 12.5 Å². The number of aromatic nitrogens is 1. The molecule has 0 atom stereocenters. The van der Waals surface area contributed by atoms with Gasteiger partial charge < -0.3 is 15.4 Å². The highest BCUT2D eigenvalue weighted by atomic mass is 19.4. The number of hydrogen-bond acceptors (Lipinski definition) is 4. The molecule has 31 heavy (non-hydrogen) atoms. The summed E-state index contributed by atoms with van der Waals surface area (Å²) in [5, 5.41) is 5.14. The summed E-state index contributed by atoms with van der Waals surface area (Å²) in [7, 11) is 0. The molecule has 0 bridgehead atoms. The summed E-state index contributed by atoms with van der Waals surface area (Å²) >= 11 is 0. The van der Waals surface area contributed by atoms with Gasteiger partial charge >= 0.3 is 12.5 Å². The zero-order chi connectivity index (χ0) is 22.6. The van der Waals surface area contributed by atoms with E-state index in [1.54, 1.807) is 0 Å². The third-order valence-electron chi connectivity index (χ3n) is 3.85. The first-order valence-corrected chi connectivity index (χ1v) is 8.58. The van der Waals surface area contributed by atoms with Gasteiger partial charge in [0.1, 0.15) is 11.6 Å². The molecule has 2 aromatic carbocycles. The zero-order valence-corrected chi connectivity index (χ0v) is 15.4. The van der Waals surface area contributed by atoms with E-state index in [0.717, 1.165) is 30.3 Å². The van der Waals surface area contributed by atoms with Crippen LogP contribution in [0.2, 0.25) is 0 Å². The molecule has 5 nitrogen and oxygen atoms in total. The van der Waals surface area contributed by atoms with Gasteiger partial charge in [0.2, 0.25) is 0 Å². The van der Waals surface area contributed by atoms with Crippen molar-refractivity contribution in [1.29, 1.82) is 0 Å². The Morgan fingerprint density at radius 2 is 1.58 bits per heavy atom. The smallest absolute Gasteiger partial charge is 0.406 e. The Kier molecular flexibility index (Phi) is 6.04. The molecule has 1 aromatic heterocycles. The Labute approximate surface area is 171 Å². The molecule has 0 unspecified atom stereocenters. The molecule has 0 aliphatic rings. The molecule has 0 aliphatic heterocycles. The van der Waals surface area contributed by atoms with Crippen molar-refractivity contribution in [3.8, 4) is 5.75 Å². The lowest BCUT2D eigenvalue weighted by Crippen LogP contribution is -2.17. The Morgan fingerprint density at radius 3 is 2.23 bits per heavy atom. The van der Waals surface area contributed by atoms with Gasteiger partial charge in [0.25, 0.3) is 5.91 Å². The predicted octanol–water partition coefficient (Wildman–Crippen LogP) is 5.99. The molecule has 0 saturated carbocycles. The van der Waals surface area contributed by atoms with Crippen LogP contribution in [-0.2, 0) is 6.18 Å². The average molecular weight is 441 g/mol. The molecule has 3 aromatic rings. The first kappa shape index (κ1) is 21.9. The molecule has 1 heterocycles. The average Bonchev–Trinajstić information content (AvgIpc) is 2.68. The van der Waals surface area contributed by atoms with Gasteiger partial charge in [-0.25, -0.2) is 4.98 Å². The lowest BCUT2D eigenvalue weighted by molar-refractivity contribution is -0.274. The maximum Gasteiger partial charge on any atom is 0.573 e. The molecule has 0 fully saturated rings. The van der Waals surface area contributed by atoms with Crippen LogP contribution in [-0.4, -0.2) is 17.3 Å². The first-order valence-electron chi connectivity index (χ1n) is 8.58. The Bertz CT molecular complexity index is 1070. The number of pyridine rings is 1. The highest BCUT2D eigenvalue weighted by Gasteiger charge is 2.31. The van der Waals surface area contributed by atoms with E-state index in [-0.39, 0.29) is 17.1 Å². The van der Waals surface area contributed by atoms with Crippen molar-refractivity contribution < 1.29 is 35.9 Å². The van der Waals surface area contributed by atoms with Crippen molar-refractivity contribution in [3.05, 3.63) is 78.0 Å². The summed E-state index contributed by atoms with van der Waals surface area (Å²) < 4.78 is 79.1. The second-order valence-electron chi connectivity index (χ2n) is 6.13. The van der Waals surface area contributed by atoms with Crippen molar-refractivity contribution >= 4 is 23.1 Å². The second-order valence-corrected chi connectivity index (χ2v) is 6.13. The van der Waals surface area contributed by atoms with Crippen LogP contribution >= 0.6 is 0 Å². The Balaban J connectivity index is 1.77. The standard InChI is InChI=1S/C20H13F6N3O2/c21-19(22,23)12-3-1-4-14(11-12)29-18(30)16-5-2-10-27-17(16)28-13-6-8-15(9-7-13)31-20(24,25)26/h1-11H,(H,27,28)(H,29,30). The highest BCUT2D eigenvalue weighted by molar-refractivity contribution is 6.07. The van der Waals surface area contributed by atoms with Crippen LogP contribution in [0.1, 0.15) is 15.9 Å². The van der Waals surface area contributed by atoms with E-state index in [1.807, 2.05) is 0 Å². The number of rotatable bonds is 5. The minimum Gasteiger partial charge on any atom is -0.406 e. The number of ether oxygens (including phenoxy) is 1. The van der Waals surface area contributed by atoms with Crippen molar-refractivity contribution in [1.82, 2.24) is 4.98 Å². The molecule has 162 valence electrons. The number of benzene rings is 2. The normalized spacial score (nSPS) is 11.7. The summed E-state index contributed by atoms with van der Waals surface area (Å²) in [5.41, 5.74) is -0.670. The van der Waals surface area contributed by atoms with Crippen LogP contribution in [0.4, 0.5) is 43.5 Å². The largest absolute Gasteiger partial charge is 0.573 e. The molecule has 0 spiro atoms. The quantitative estimate of drug-likeness (QED) is 0.477. The lowest BCUT2D eigenvalue weighted by Gasteiger charge is -2.13. The number of nitrogens with zero attached hydrogens (tertiary/aromatic N) is 1. The molecular formula is C20H13F6N3O2. The number of nitrogens with one attached hydrogen (secondary N) is 2. The molecule has 3 rings (SSSR count). The summed E-state index contributed by atoms with van der Waals surface area (Å²) in [6.07, 6.45) is -8.03. The minimum absolute atomic E-state index is 0.00975. The van der Waals surface area contributed by atoms with Gasteiger partial charge in [0.15, 0.2) is 0 Å². The highest BCUT2D eigenvalue weighted by Crippen LogP contribution is 2.31. The molecule has 0 saturated heterocycles. The topological polar surface area (TPSA) is 63.2 Å². The predicted molar refractivity (Wildman–Crippen MR) is 100 cm³/mol. The number of amides is 1. The lowest BCUT2D eigenvalue weighted by atomic mass is 10.1. The number of hydrogen-bond donors (Lipinski definition) is 2. The summed E-state index contributed by atoms with van der Waals surface area (Å²) in [6, 6.07) is 11.7. The second kappa shape index (κ2) is 8.54. The molecule has 11 heteroatoms. The maximum atomic E-state index is 12.9. The van der Waals surface area contributed by atoms with E-state index >= 15 is 0 Å². The van der Waals surface area contributed by atoms with Crippen molar-refractivity contribution in [2.24, 2.45) is 0 Å². The van der Waals surface area contributed by atoms with E-state index in [1.165, 1.54) is 36.5 Å². The fourth-order valence-electron chi connectivity index (χ4n) is 2.54. The SMILES string of the molecule is O=C(Nc1cccc(C(F)(F)F)c1)c1cccnc1Nc1ccc(OC(F)(F)F)cc1. The number of carbonyl (C=O) groups excluding carboxylic acids is 1. The summed E-state index contributed by atoms with van der Waals surface area (Å²) in [4.78, 5) is 16.6. The monoisotopic (exact) mass is 441 g/mol. The van der Waals surface area contributed by atoms with Gasteiger partial charge in [-0.05, 0) is 54.6 Å². The fraction of sp³-hybridized carbons (Fsp3) is 0.100. The first-order chi connectivity index (χ1) is 14.5. The van der Waals surface area contributed by atoms with Gasteiger partial charge in [0, 0.05) is 17.6 Å². The van der Waals surface area contributed by atoms with Crippen molar-refractivity contribution in [3.63, 3.8) is 0 Å². The summed E-state index contributed by atoms with van der Waals surface area (Å²) in [5.74, 6) is -1.11. The van der Waals surface area contributed by atoms with Gasteiger partial charge in [-0.2, -0.15) is 13.2 Å². The van der Waals surface area contributed by atoms with E-state index in [0.29, 0.717) is 5.69 Å². The molecular weight excluding hydrogens is 428 g/mol. The third kappa shape index (κ3) is 6.11. The fourth-order valence-corrected chi connectivity index (χ4v) is 2.54.